The number of anilines is 1. The molecular weight excluding hydrogens is 358 g/mol. The van der Waals surface area contributed by atoms with Gasteiger partial charge >= 0.3 is 0 Å². The average molecular weight is 381 g/mol. The maximum absolute atomic E-state index is 12.8. The van der Waals surface area contributed by atoms with Gasteiger partial charge in [-0.05, 0) is 24.6 Å². The summed E-state index contributed by atoms with van der Waals surface area (Å²) < 4.78 is 17.7. The molecule has 1 aromatic heterocycles. The van der Waals surface area contributed by atoms with E-state index in [4.69, 9.17) is 14.2 Å². The first-order chi connectivity index (χ1) is 13.5. The van der Waals surface area contributed by atoms with Gasteiger partial charge in [-0.1, -0.05) is 29.8 Å². The van der Waals surface area contributed by atoms with Gasteiger partial charge in [0.15, 0.2) is 11.5 Å². The lowest BCUT2D eigenvalue weighted by Gasteiger charge is -2.14. The second kappa shape index (κ2) is 8.47. The predicted octanol–water partition coefficient (Wildman–Crippen LogP) is 3.52. The van der Waals surface area contributed by atoms with Crippen molar-refractivity contribution < 1.29 is 19.0 Å². The van der Waals surface area contributed by atoms with Crippen LogP contribution in [0.25, 0.3) is 0 Å². The summed E-state index contributed by atoms with van der Waals surface area (Å²) in [5.74, 6) is 1.57. The number of hydrogen-bond acceptors (Lipinski definition) is 5. The van der Waals surface area contributed by atoms with E-state index in [2.05, 4.69) is 16.5 Å². The molecule has 28 heavy (non-hydrogen) atoms. The molecule has 0 saturated carbocycles. The van der Waals surface area contributed by atoms with Crippen LogP contribution >= 0.6 is 0 Å². The molecule has 1 N–H and O–H groups in total. The molecule has 0 saturated heterocycles. The summed E-state index contributed by atoms with van der Waals surface area (Å²) in [5.41, 5.74) is 2.66. The monoisotopic (exact) mass is 381 g/mol. The van der Waals surface area contributed by atoms with E-state index in [0.717, 1.165) is 5.56 Å². The van der Waals surface area contributed by atoms with Gasteiger partial charge in [-0.3, -0.25) is 4.79 Å². The van der Waals surface area contributed by atoms with Crippen molar-refractivity contribution in [3.63, 3.8) is 0 Å². The van der Waals surface area contributed by atoms with Crippen LogP contribution in [0.15, 0.2) is 48.7 Å². The minimum atomic E-state index is -0.301. The van der Waals surface area contributed by atoms with Crippen LogP contribution in [0.2, 0.25) is 0 Å². The Balaban J connectivity index is 1.83. The molecule has 3 aromatic rings. The summed E-state index contributed by atoms with van der Waals surface area (Å²) in [6.45, 7) is 2.60. The van der Waals surface area contributed by atoms with Gasteiger partial charge in [-0.2, -0.15) is 5.10 Å². The Morgan fingerprint density at radius 3 is 2.36 bits per heavy atom. The topological polar surface area (TPSA) is 74.6 Å². The molecule has 0 radical (unpaired) electrons. The lowest BCUT2D eigenvalue weighted by molar-refractivity contribution is 0.102. The summed E-state index contributed by atoms with van der Waals surface area (Å²) in [5, 5.41) is 7.21. The van der Waals surface area contributed by atoms with Gasteiger partial charge in [-0.25, -0.2) is 4.68 Å². The van der Waals surface area contributed by atoms with Gasteiger partial charge in [0.2, 0.25) is 5.75 Å². The smallest absolute Gasteiger partial charge is 0.257 e. The van der Waals surface area contributed by atoms with Crippen LogP contribution in [-0.2, 0) is 6.54 Å². The van der Waals surface area contributed by atoms with Crippen LogP contribution < -0.4 is 19.5 Å². The third-order valence-corrected chi connectivity index (χ3v) is 4.30. The Kier molecular flexibility index (Phi) is 5.84. The molecule has 1 amide bonds. The fourth-order valence-electron chi connectivity index (χ4n) is 2.95. The second-order valence-corrected chi connectivity index (χ2v) is 6.23. The number of carbonyl (C=O) groups excluding carboxylic acids is 1. The Morgan fingerprint density at radius 2 is 1.75 bits per heavy atom. The van der Waals surface area contributed by atoms with Crippen molar-refractivity contribution in [2.45, 2.75) is 13.5 Å². The summed E-state index contributed by atoms with van der Waals surface area (Å²) in [4.78, 5) is 12.8. The van der Waals surface area contributed by atoms with Crippen molar-refractivity contribution in [3.05, 3.63) is 65.4 Å². The molecule has 1 heterocycles. The number of aryl methyl sites for hydroxylation is 1. The standard InChI is InChI=1S/C21H23N3O4/c1-14-6-5-7-15(10-14)13-24-19(8-9-22-24)23-21(25)16-11-17(26-2)20(28-4)18(12-16)27-3/h5-12H,13H2,1-4H3,(H,23,25). The van der Waals surface area contributed by atoms with Crippen LogP contribution in [-0.4, -0.2) is 37.0 Å². The van der Waals surface area contributed by atoms with Crippen molar-refractivity contribution in [1.29, 1.82) is 0 Å². The van der Waals surface area contributed by atoms with E-state index in [1.807, 2.05) is 25.1 Å². The third-order valence-electron chi connectivity index (χ3n) is 4.30. The number of nitrogens with one attached hydrogen (secondary N) is 1. The number of methoxy groups -OCH3 is 3. The molecule has 0 bridgehead atoms. The number of amides is 1. The summed E-state index contributed by atoms with van der Waals surface area (Å²) >= 11 is 0. The van der Waals surface area contributed by atoms with E-state index < -0.39 is 0 Å². The number of nitrogens with zero attached hydrogens (tertiary/aromatic N) is 2. The van der Waals surface area contributed by atoms with Gasteiger partial charge in [0.1, 0.15) is 5.82 Å². The normalized spacial score (nSPS) is 10.4. The molecular formula is C21H23N3O4. The number of benzene rings is 2. The van der Waals surface area contributed by atoms with Crippen LogP contribution in [0.1, 0.15) is 21.5 Å². The maximum atomic E-state index is 12.8. The zero-order valence-electron chi connectivity index (χ0n) is 16.4. The zero-order valence-corrected chi connectivity index (χ0v) is 16.4. The highest BCUT2D eigenvalue weighted by molar-refractivity contribution is 6.04. The first-order valence-electron chi connectivity index (χ1n) is 8.74. The van der Waals surface area contributed by atoms with Crippen molar-refractivity contribution >= 4 is 11.7 Å². The summed E-state index contributed by atoms with van der Waals surface area (Å²) in [6, 6.07) is 13.1. The highest BCUT2D eigenvalue weighted by atomic mass is 16.5. The maximum Gasteiger partial charge on any atom is 0.257 e. The summed E-state index contributed by atoms with van der Waals surface area (Å²) in [7, 11) is 4.54. The Labute approximate surface area is 163 Å². The van der Waals surface area contributed by atoms with Crippen molar-refractivity contribution in [2.24, 2.45) is 0 Å². The van der Waals surface area contributed by atoms with E-state index in [1.54, 1.807) is 29.1 Å². The number of ether oxygens (including phenoxy) is 3. The minimum Gasteiger partial charge on any atom is -0.493 e. The Hall–Kier alpha value is -3.48. The van der Waals surface area contributed by atoms with Crippen LogP contribution in [0.3, 0.4) is 0 Å². The fraction of sp³-hybridized carbons (Fsp3) is 0.238. The van der Waals surface area contributed by atoms with E-state index in [0.29, 0.717) is 35.2 Å². The van der Waals surface area contributed by atoms with Crippen LogP contribution in [0, 0.1) is 6.92 Å². The van der Waals surface area contributed by atoms with E-state index >= 15 is 0 Å². The van der Waals surface area contributed by atoms with Crippen molar-refractivity contribution in [1.82, 2.24) is 9.78 Å². The minimum absolute atomic E-state index is 0.301. The van der Waals surface area contributed by atoms with Crippen molar-refractivity contribution in [2.75, 3.05) is 26.6 Å². The van der Waals surface area contributed by atoms with Gasteiger partial charge < -0.3 is 19.5 Å². The third kappa shape index (κ3) is 4.09. The molecule has 0 unspecified atom stereocenters. The number of carbonyl (C=O) groups is 1. The first-order valence-corrected chi connectivity index (χ1v) is 8.74. The Morgan fingerprint density at radius 1 is 1.04 bits per heavy atom. The zero-order chi connectivity index (χ0) is 20.1. The number of rotatable bonds is 7. The van der Waals surface area contributed by atoms with Gasteiger partial charge in [0, 0.05) is 11.6 Å². The molecule has 0 fully saturated rings. The highest BCUT2D eigenvalue weighted by Gasteiger charge is 2.18. The average Bonchev–Trinajstić information content (AvgIpc) is 3.13. The molecule has 7 heteroatoms. The van der Waals surface area contributed by atoms with E-state index in [-0.39, 0.29) is 5.91 Å². The molecule has 2 aromatic carbocycles. The molecule has 0 aliphatic carbocycles. The molecule has 0 atom stereocenters. The highest BCUT2D eigenvalue weighted by Crippen LogP contribution is 2.38. The Bertz CT molecular complexity index is 956. The quantitative estimate of drug-likeness (QED) is 0.678. The predicted molar refractivity (Wildman–Crippen MR) is 107 cm³/mol. The molecule has 0 spiro atoms. The SMILES string of the molecule is COc1cc(C(=O)Nc2ccnn2Cc2cccc(C)c2)cc(OC)c1OC. The molecule has 0 aliphatic heterocycles. The molecule has 3 rings (SSSR count). The molecule has 146 valence electrons. The molecule has 7 nitrogen and oxygen atoms in total. The first kappa shape index (κ1) is 19.3. The van der Waals surface area contributed by atoms with Gasteiger partial charge in [0.05, 0.1) is 34.1 Å². The van der Waals surface area contributed by atoms with Crippen LogP contribution in [0.4, 0.5) is 5.82 Å². The largest absolute Gasteiger partial charge is 0.493 e. The fourth-order valence-corrected chi connectivity index (χ4v) is 2.95. The second-order valence-electron chi connectivity index (χ2n) is 6.23. The van der Waals surface area contributed by atoms with E-state index in [1.165, 1.54) is 26.9 Å². The number of aromatic nitrogens is 2. The van der Waals surface area contributed by atoms with Crippen molar-refractivity contribution in [3.8, 4) is 17.2 Å². The van der Waals surface area contributed by atoms with Gasteiger partial charge in [-0.15, -0.1) is 0 Å². The van der Waals surface area contributed by atoms with E-state index in [9.17, 15) is 4.79 Å². The summed E-state index contributed by atoms with van der Waals surface area (Å²) in [6.07, 6.45) is 1.65. The van der Waals surface area contributed by atoms with Gasteiger partial charge in [0.25, 0.3) is 5.91 Å². The lowest BCUT2D eigenvalue weighted by atomic mass is 10.1. The molecule has 0 aliphatic rings. The number of hydrogen-bond donors (Lipinski definition) is 1. The van der Waals surface area contributed by atoms with Crippen LogP contribution in [0.5, 0.6) is 17.2 Å². The lowest BCUT2D eigenvalue weighted by Crippen LogP contribution is -2.16.